The van der Waals surface area contributed by atoms with E-state index in [1.807, 2.05) is 17.0 Å². The molecule has 29 heavy (non-hydrogen) atoms. The number of amides is 1. The van der Waals surface area contributed by atoms with Gasteiger partial charge in [0, 0.05) is 49.0 Å². The molecule has 5 nitrogen and oxygen atoms in total. The molecule has 2 heterocycles. The molecule has 0 radical (unpaired) electrons. The van der Waals surface area contributed by atoms with Crippen molar-refractivity contribution in [1.29, 1.82) is 0 Å². The minimum atomic E-state index is -0.340. The maximum absolute atomic E-state index is 13.2. The van der Waals surface area contributed by atoms with E-state index in [2.05, 4.69) is 10.00 Å². The Morgan fingerprint density at radius 3 is 2.59 bits per heavy atom. The molecule has 4 rings (SSSR count). The molecule has 0 atom stereocenters. The number of rotatable bonds is 4. The van der Waals surface area contributed by atoms with Gasteiger partial charge in [0.2, 0.25) is 0 Å². The Balaban J connectivity index is 1.37. The van der Waals surface area contributed by atoms with Gasteiger partial charge in [0.25, 0.3) is 5.91 Å². The molecule has 0 unspecified atom stereocenters. The van der Waals surface area contributed by atoms with Crippen molar-refractivity contribution in [3.05, 3.63) is 81.8 Å². The maximum Gasteiger partial charge on any atom is 0.257 e. The van der Waals surface area contributed by atoms with E-state index in [1.165, 1.54) is 12.1 Å². The van der Waals surface area contributed by atoms with Crippen LogP contribution in [0.5, 0.6) is 0 Å². The lowest BCUT2D eigenvalue weighted by atomic mass is 10.2. The van der Waals surface area contributed by atoms with Gasteiger partial charge in [0.1, 0.15) is 5.82 Å². The molecular formula is C21H19Cl2FN4O. The highest BCUT2D eigenvalue weighted by molar-refractivity contribution is 6.31. The van der Waals surface area contributed by atoms with Gasteiger partial charge in [0.05, 0.1) is 17.4 Å². The molecule has 1 aromatic heterocycles. The summed E-state index contributed by atoms with van der Waals surface area (Å²) in [6.45, 7) is 3.30. The summed E-state index contributed by atoms with van der Waals surface area (Å²) in [6, 6.07) is 11.8. The molecule has 150 valence electrons. The summed E-state index contributed by atoms with van der Waals surface area (Å²) < 4.78 is 14.8. The fourth-order valence-corrected chi connectivity index (χ4v) is 3.79. The molecule has 1 saturated heterocycles. The summed E-state index contributed by atoms with van der Waals surface area (Å²) in [7, 11) is 0. The predicted molar refractivity (Wildman–Crippen MR) is 111 cm³/mol. The highest BCUT2D eigenvalue weighted by Crippen LogP contribution is 2.20. The van der Waals surface area contributed by atoms with Crippen LogP contribution in [0.25, 0.3) is 5.69 Å². The molecule has 1 amide bonds. The zero-order valence-electron chi connectivity index (χ0n) is 15.6. The number of halogens is 3. The molecular weight excluding hydrogens is 414 g/mol. The van der Waals surface area contributed by atoms with Crippen molar-refractivity contribution in [2.24, 2.45) is 0 Å². The third kappa shape index (κ3) is 4.61. The monoisotopic (exact) mass is 432 g/mol. The van der Waals surface area contributed by atoms with E-state index in [9.17, 15) is 9.18 Å². The van der Waals surface area contributed by atoms with Gasteiger partial charge in [-0.15, -0.1) is 0 Å². The number of nitrogens with zero attached hydrogens (tertiary/aromatic N) is 4. The van der Waals surface area contributed by atoms with Gasteiger partial charge in [-0.2, -0.15) is 5.10 Å². The lowest BCUT2D eigenvalue weighted by Crippen LogP contribution is -2.48. The van der Waals surface area contributed by atoms with Gasteiger partial charge in [-0.25, -0.2) is 9.07 Å². The van der Waals surface area contributed by atoms with Crippen LogP contribution in [0.4, 0.5) is 4.39 Å². The number of hydrogen-bond acceptors (Lipinski definition) is 3. The molecule has 0 N–H and O–H groups in total. The molecule has 1 aliphatic rings. The van der Waals surface area contributed by atoms with E-state index >= 15 is 0 Å². The van der Waals surface area contributed by atoms with Crippen LogP contribution in [0, 0.1) is 5.82 Å². The van der Waals surface area contributed by atoms with Crippen LogP contribution in [-0.4, -0.2) is 51.7 Å². The highest BCUT2D eigenvalue weighted by Gasteiger charge is 2.23. The summed E-state index contributed by atoms with van der Waals surface area (Å²) in [5, 5.41) is 5.33. The van der Waals surface area contributed by atoms with Crippen LogP contribution in [-0.2, 0) is 6.54 Å². The number of hydrogen-bond donors (Lipinski definition) is 0. The van der Waals surface area contributed by atoms with Gasteiger partial charge in [-0.1, -0.05) is 35.3 Å². The molecule has 3 aromatic rings. The first-order valence-electron chi connectivity index (χ1n) is 9.26. The van der Waals surface area contributed by atoms with E-state index < -0.39 is 0 Å². The van der Waals surface area contributed by atoms with Crippen LogP contribution < -0.4 is 0 Å². The van der Waals surface area contributed by atoms with Crippen molar-refractivity contribution in [3.8, 4) is 5.69 Å². The van der Waals surface area contributed by atoms with Crippen LogP contribution in [0.15, 0.2) is 54.9 Å². The summed E-state index contributed by atoms with van der Waals surface area (Å²) in [6.07, 6.45) is 3.30. The van der Waals surface area contributed by atoms with E-state index in [-0.39, 0.29) is 11.7 Å². The van der Waals surface area contributed by atoms with Gasteiger partial charge >= 0.3 is 0 Å². The molecule has 0 spiro atoms. The van der Waals surface area contributed by atoms with E-state index in [1.54, 1.807) is 35.3 Å². The number of piperazine rings is 1. The summed E-state index contributed by atoms with van der Waals surface area (Å²) >= 11 is 12.1. The normalized spacial score (nSPS) is 14.9. The van der Waals surface area contributed by atoms with Crippen molar-refractivity contribution in [1.82, 2.24) is 19.6 Å². The number of aromatic nitrogens is 2. The second-order valence-corrected chi connectivity index (χ2v) is 7.80. The van der Waals surface area contributed by atoms with Crippen LogP contribution in [0.2, 0.25) is 10.0 Å². The lowest BCUT2D eigenvalue weighted by Gasteiger charge is -2.34. The van der Waals surface area contributed by atoms with Crippen LogP contribution >= 0.6 is 23.2 Å². The van der Waals surface area contributed by atoms with Crippen molar-refractivity contribution >= 4 is 29.1 Å². The summed E-state index contributed by atoms with van der Waals surface area (Å²) in [5.41, 5.74) is 2.23. The van der Waals surface area contributed by atoms with Crippen molar-refractivity contribution in [2.45, 2.75) is 6.54 Å². The first-order valence-corrected chi connectivity index (χ1v) is 10.0. The third-order valence-corrected chi connectivity index (χ3v) is 5.56. The zero-order chi connectivity index (χ0) is 20.4. The van der Waals surface area contributed by atoms with Crippen molar-refractivity contribution in [2.75, 3.05) is 26.2 Å². The number of carbonyl (C=O) groups is 1. The molecule has 0 aliphatic carbocycles. The minimum Gasteiger partial charge on any atom is -0.336 e. The third-order valence-electron chi connectivity index (χ3n) is 4.97. The first-order chi connectivity index (χ1) is 14.0. The van der Waals surface area contributed by atoms with Crippen molar-refractivity contribution < 1.29 is 9.18 Å². The quantitative estimate of drug-likeness (QED) is 0.617. The molecule has 1 aliphatic heterocycles. The molecule has 8 heteroatoms. The maximum atomic E-state index is 13.2. The van der Waals surface area contributed by atoms with Crippen LogP contribution in [0.1, 0.15) is 15.9 Å². The SMILES string of the molecule is O=C(c1cnn(-c2cccc(Cl)c2)c1)N1CCN(Cc2ccc(F)cc2Cl)CC1. The van der Waals surface area contributed by atoms with Crippen molar-refractivity contribution in [3.63, 3.8) is 0 Å². The first kappa shape index (κ1) is 19.9. The Morgan fingerprint density at radius 1 is 1.07 bits per heavy atom. The number of benzene rings is 2. The standard InChI is InChI=1S/C21H19Cl2FN4O/c22-17-2-1-3-19(10-17)28-14-16(12-25-28)21(29)27-8-6-26(7-9-27)13-15-4-5-18(24)11-20(15)23/h1-5,10-12,14H,6-9,13H2. The second-order valence-electron chi connectivity index (χ2n) is 6.96. The summed E-state index contributed by atoms with van der Waals surface area (Å²) in [5.74, 6) is -0.384. The Labute approximate surface area is 178 Å². The Hall–Kier alpha value is -2.41. The zero-order valence-corrected chi connectivity index (χ0v) is 17.1. The Kier molecular flexibility index (Phi) is 5.85. The van der Waals surface area contributed by atoms with Gasteiger partial charge in [-0.3, -0.25) is 9.69 Å². The fraction of sp³-hybridized carbons (Fsp3) is 0.238. The smallest absolute Gasteiger partial charge is 0.257 e. The molecule has 1 fully saturated rings. The van der Waals surface area contributed by atoms with Gasteiger partial charge in [0.15, 0.2) is 0 Å². The topological polar surface area (TPSA) is 41.4 Å². The highest BCUT2D eigenvalue weighted by atomic mass is 35.5. The van der Waals surface area contributed by atoms with E-state index in [0.29, 0.717) is 35.2 Å². The minimum absolute atomic E-state index is 0.0438. The van der Waals surface area contributed by atoms with E-state index in [0.717, 1.165) is 24.3 Å². The predicted octanol–water partition coefficient (Wildman–Crippen LogP) is 4.28. The number of carbonyl (C=O) groups excluding carboxylic acids is 1. The Bertz CT molecular complexity index is 1030. The molecule has 0 bridgehead atoms. The molecule has 2 aromatic carbocycles. The largest absolute Gasteiger partial charge is 0.336 e. The molecule has 0 saturated carbocycles. The second kappa shape index (κ2) is 8.53. The van der Waals surface area contributed by atoms with Gasteiger partial charge in [-0.05, 0) is 35.9 Å². The van der Waals surface area contributed by atoms with Gasteiger partial charge < -0.3 is 4.90 Å². The average Bonchev–Trinajstić information content (AvgIpc) is 3.20. The van der Waals surface area contributed by atoms with E-state index in [4.69, 9.17) is 23.2 Å². The lowest BCUT2D eigenvalue weighted by molar-refractivity contribution is 0.0628. The average molecular weight is 433 g/mol. The van der Waals surface area contributed by atoms with Crippen LogP contribution in [0.3, 0.4) is 0 Å². The fourth-order valence-electron chi connectivity index (χ4n) is 3.38. The Morgan fingerprint density at radius 2 is 1.86 bits per heavy atom. The summed E-state index contributed by atoms with van der Waals surface area (Å²) in [4.78, 5) is 16.9.